The molecule has 6 nitrogen and oxygen atoms in total. The van der Waals surface area contributed by atoms with E-state index in [-0.39, 0.29) is 22.9 Å². The van der Waals surface area contributed by atoms with Crippen molar-refractivity contribution in [1.29, 1.82) is 0 Å². The maximum atomic E-state index is 12.1. The maximum Gasteiger partial charge on any atom is 0.335 e. The zero-order chi connectivity index (χ0) is 14.9. The molecular weight excluding hydrogens is 280 g/mol. The number of carbonyl (C=O) groups excluding carboxylic acids is 1. The molecular formula is C13H12N2O4S. The number of aromatic hydroxyl groups is 1. The Hall–Kier alpha value is -2.41. The number of carbonyl (C=O) groups is 2. The van der Waals surface area contributed by atoms with Crippen molar-refractivity contribution in [2.75, 3.05) is 5.32 Å². The van der Waals surface area contributed by atoms with Crippen LogP contribution in [0.1, 0.15) is 30.7 Å². The fourth-order valence-electron chi connectivity index (χ4n) is 1.69. The van der Waals surface area contributed by atoms with Crippen molar-refractivity contribution in [3.05, 3.63) is 39.3 Å². The van der Waals surface area contributed by atoms with Crippen LogP contribution in [0.4, 0.5) is 5.69 Å². The van der Waals surface area contributed by atoms with E-state index in [1.54, 1.807) is 13.8 Å². The standard InChI is InChI=1S/C13H12N2O4S/c1-6-11(20-7(2)14-6)12(17)15-9-4-3-8(13(18)19)5-10(9)16/h3-5,16H,1-2H3,(H,15,17)(H,18,19). The topological polar surface area (TPSA) is 99.5 Å². The van der Waals surface area contributed by atoms with Gasteiger partial charge in [-0.15, -0.1) is 11.3 Å². The van der Waals surface area contributed by atoms with Crippen LogP contribution in [-0.4, -0.2) is 27.1 Å². The first kappa shape index (κ1) is 14.0. The molecule has 0 saturated carbocycles. The van der Waals surface area contributed by atoms with E-state index in [9.17, 15) is 14.7 Å². The number of hydrogen-bond acceptors (Lipinski definition) is 5. The number of aromatic carboxylic acids is 1. The number of carboxylic acid groups (broad SMARTS) is 1. The van der Waals surface area contributed by atoms with Gasteiger partial charge in [0.15, 0.2) is 0 Å². The number of rotatable bonds is 3. The quantitative estimate of drug-likeness (QED) is 0.754. The molecule has 1 aromatic carbocycles. The average Bonchev–Trinajstić information content (AvgIpc) is 2.70. The third-order valence-electron chi connectivity index (χ3n) is 2.60. The molecule has 2 aromatic rings. The summed E-state index contributed by atoms with van der Waals surface area (Å²) in [7, 11) is 0. The zero-order valence-electron chi connectivity index (χ0n) is 10.8. The van der Waals surface area contributed by atoms with Gasteiger partial charge in [-0.1, -0.05) is 0 Å². The number of nitrogens with one attached hydrogen (secondary N) is 1. The monoisotopic (exact) mass is 292 g/mol. The highest BCUT2D eigenvalue weighted by Gasteiger charge is 2.16. The highest BCUT2D eigenvalue weighted by molar-refractivity contribution is 7.13. The van der Waals surface area contributed by atoms with Gasteiger partial charge in [0.05, 0.1) is 22.0 Å². The third kappa shape index (κ3) is 2.77. The number of aryl methyl sites for hydroxylation is 2. The molecule has 0 unspecified atom stereocenters. The van der Waals surface area contributed by atoms with Gasteiger partial charge in [0.1, 0.15) is 10.6 Å². The summed E-state index contributed by atoms with van der Waals surface area (Å²) in [4.78, 5) is 27.4. The lowest BCUT2D eigenvalue weighted by Gasteiger charge is -2.07. The van der Waals surface area contributed by atoms with E-state index in [0.29, 0.717) is 10.6 Å². The predicted molar refractivity (Wildman–Crippen MR) is 74.6 cm³/mol. The van der Waals surface area contributed by atoms with Crippen molar-refractivity contribution < 1.29 is 19.8 Å². The highest BCUT2D eigenvalue weighted by atomic mass is 32.1. The average molecular weight is 292 g/mol. The molecule has 1 heterocycles. The van der Waals surface area contributed by atoms with Crippen molar-refractivity contribution in [3.63, 3.8) is 0 Å². The fraction of sp³-hybridized carbons (Fsp3) is 0.154. The maximum absolute atomic E-state index is 12.1. The van der Waals surface area contributed by atoms with Crippen LogP contribution in [0.25, 0.3) is 0 Å². The number of carboxylic acids is 1. The Morgan fingerprint density at radius 2 is 2.00 bits per heavy atom. The second-order valence-electron chi connectivity index (χ2n) is 4.14. The van der Waals surface area contributed by atoms with Crippen LogP contribution in [0.2, 0.25) is 0 Å². The molecule has 7 heteroatoms. The number of aromatic nitrogens is 1. The van der Waals surface area contributed by atoms with Crippen LogP contribution >= 0.6 is 11.3 Å². The number of phenols is 1. The van der Waals surface area contributed by atoms with Crippen LogP contribution in [0.3, 0.4) is 0 Å². The summed E-state index contributed by atoms with van der Waals surface area (Å²) >= 11 is 1.26. The number of thiazole rings is 1. The lowest BCUT2D eigenvalue weighted by molar-refractivity contribution is 0.0696. The molecule has 0 aliphatic rings. The van der Waals surface area contributed by atoms with Gasteiger partial charge in [0.25, 0.3) is 5.91 Å². The second kappa shape index (κ2) is 5.30. The van der Waals surface area contributed by atoms with Gasteiger partial charge in [-0.2, -0.15) is 0 Å². The van der Waals surface area contributed by atoms with Gasteiger partial charge < -0.3 is 15.5 Å². The van der Waals surface area contributed by atoms with Gasteiger partial charge >= 0.3 is 5.97 Å². The Morgan fingerprint density at radius 3 is 2.50 bits per heavy atom. The molecule has 3 N–H and O–H groups in total. The number of amides is 1. The van der Waals surface area contributed by atoms with Crippen LogP contribution in [-0.2, 0) is 0 Å². The number of anilines is 1. The summed E-state index contributed by atoms with van der Waals surface area (Å²) in [6, 6.07) is 3.74. The molecule has 2 rings (SSSR count). The van der Waals surface area contributed by atoms with E-state index in [4.69, 9.17) is 5.11 Å². The summed E-state index contributed by atoms with van der Waals surface area (Å²) in [6.07, 6.45) is 0. The smallest absolute Gasteiger partial charge is 0.335 e. The molecule has 0 fully saturated rings. The van der Waals surface area contributed by atoms with E-state index in [0.717, 1.165) is 11.1 Å². The summed E-state index contributed by atoms with van der Waals surface area (Å²) in [5, 5.41) is 21.8. The van der Waals surface area contributed by atoms with E-state index in [2.05, 4.69) is 10.3 Å². The predicted octanol–water partition coefficient (Wildman–Crippen LogP) is 2.42. The lowest BCUT2D eigenvalue weighted by Crippen LogP contribution is -2.12. The molecule has 1 aromatic heterocycles. The lowest BCUT2D eigenvalue weighted by atomic mass is 10.2. The van der Waals surface area contributed by atoms with Crippen molar-refractivity contribution >= 4 is 28.9 Å². The van der Waals surface area contributed by atoms with Crippen molar-refractivity contribution in [2.45, 2.75) is 13.8 Å². The van der Waals surface area contributed by atoms with Crippen LogP contribution < -0.4 is 5.32 Å². The normalized spacial score (nSPS) is 10.3. The summed E-state index contributed by atoms with van der Waals surface area (Å²) in [6.45, 7) is 3.53. The summed E-state index contributed by atoms with van der Waals surface area (Å²) in [5.74, 6) is -1.82. The second-order valence-corrected chi connectivity index (χ2v) is 5.34. The largest absolute Gasteiger partial charge is 0.506 e. The molecule has 0 bridgehead atoms. The van der Waals surface area contributed by atoms with Crippen LogP contribution in [0.5, 0.6) is 5.75 Å². The molecule has 0 aliphatic heterocycles. The van der Waals surface area contributed by atoms with E-state index < -0.39 is 5.97 Å². The number of benzene rings is 1. The van der Waals surface area contributed by atoms with Gasteiger partial charge in [0, 0.05) is 0 Å². The number of hydrogen-bond donors (Lipinski definition) is 3. The van der Waals surface area contributed by atoms with Gasteiger partial charge in [-0.3, -0.25) is 4.79 Å². The highest BCUT2D eigenvalue weighted by Crippen LogP contribution is 2.26. The first-order valence-corrected chi connectivity index (χ1v) is 6.52. The van der Waals surface area contributed by atoms with Crippen LogP contribution in [0, 0.1) is 13.8 Å². The molecule has 0 radical (unpaired) electrons. The fourth-order valence-corrected chi connectivity index (χ4v) is 2.51. The zero-order valence-corrected chi connectivity index (χ0v) is 11.6. The van der Waals surface area contributed by atoms with E-state index >= 15 is 0 Å². The molecule has 1 amide bonds. The molecule has 0 atom stereocenters. The summed E-state index contributed by atoms with van der Waals surface area (Å²) < 4.78 is 0. The Bertz CT molecular complexity index is 694. The first-order chi connectivity index (χ1) is 9.38. The Kier molecular flexibility index (Phi) is 3.71. The molecule has 0 aliphatic carbocycles. The Morgan fingerprint density at radius 1 is 1.30 bits per heavy atom. The van der Waals surface area contributed by atoms with Crippen LogP contribution in [0.15, 0.2) is 18.2 Å². The molecule has 104 valence electrons. The van der Waals surface area contributed by atoms with Crippen molar-refractivity contribution in [2.24, 2.45) is 0 Å². The Balaban J connectivity index is 2.24. The SMILES string of the molecule is Cc1nc(C)c(C(=O)Nc2ccc(C(=O)O)cc2O)s1. The number of phenolic OH excluding ortho intramolecular Hbond substituents is 1. The van der Waals surface area contributed by atoms with Crippen molar-refractivity contribution in [1.82, 2.24) is 4.98 Å². The minimum Gasteiger partial charge on any atom is -0.506 e. The Labute approximate surface area is 118 Å². The van der Waals surface area contributed by atoms with E-state index in [1.165, 1.54) is 23.5 Å². The molecule has 20 heavy (non-hydrogen) atoms. The minimum atomic E-state index is -1.15. The van der Waals surface area contributed by atoms with Gasteiger partial charge in [-0.05, 0) is 32.0 Å². The molecule has 0 saturated heterocycles. The van der Waals surface area contributed by atoms with Gasteiger partial charge in [0.2, 0.25) is 0 Å². The first-order valence-electron chi connectivity index (χ1n) is 5.70. The number of nitrogens with zero attached hydrogens (tertiary/aromatic N) is 1. The third-order valence-corrected chi connectivity index (χ3v) is 3.67. The van der Waals surface area contributed by atoms with Gasteiger partial charge in [-0.25, -0.2) is 9.78 Å². The summed E-state index contributed by atoms with van der Waals surface area (Å²) in [5.41, 5.74) is 0.724. The molecule has 0 spiro atoms. The van der Waals surface area contributed by atoms with Crippen molar-refractivity contribution in [3.8, 4) is 5.75 Å². The van der Waals surface area contributed by atoms with E-state index in [1.807, 2.05) is 0 Å². The minimum absolute atomic E-state index is 0.0506.